The zero-order valence-electron chi connectivity index (χ0n) is 8.94. The van der Waals surface area contributed by atoms with Crippen LogP contribution in [0.15, 0.2) is 5.38 Å². The third kappa shape index (κ3) is 2.55. The lowest BCUT2D eigenvalue weighted by Gasteiger charge is -2.30. The van der Waals surface area contributed by atoms with Crippen molar-refractivity contribution in [1.82, 2.24) is 9.88 Å². The Kier molecular flexibility index (Phi) is 3.34. The molecule has 0 N–H and O–H groups in total. The summed E-state index contributed by atoms with van der Waals surface area (Å²) in [6, 6.07) is 2.48. The fraction of sp³-hybridized carbons (Fsp3) is 0.636. The van der Waals surface area contributed by atoms with Crippen molar-refractivity contribution in [3.8, 4) is 6.07 Å². The Balaban J connectivity index is 2.01. The van der Waals surface area contributed by atoms with Crippen LogP contribution in [0, 0.1) is 18.3 Å². The summed E-state index contributed by atoms with van der Waals surface area (Å²) in [4.78, 5) is 6.69. The molecule has 0 aromatic carbocycles. The number of piperidine rings is 1. The quantitative estimate of drug-likeness (QED) is 0.769. The fourth-order valence-electron chi connectivity index (χ4n) is 1.98. The van der Waals surface area contributed by atoms with Gasteiger partial charge >= 0.3 is 0 Å². The Labute approximate surface area is 94.4 Å². The van der Waals surface area contributed by atoms with E-state index >= 15 is 0 Å². The van der Waals surface area contributed by atoms with Gasteiger partial charge in [0.1, 0.15) is 5.01 Å². The second-order valence-corrected chi connectivity index (χ2v) is 4.94. The Hall–Kier alpha value is -0.920. The molecule has 0 spiro atoms. The Morgan fingerprint density at radius 2 is 2.53 bits per heavy atom. The van der Waals surface area contributed by atoms with E-state index in [9.17, 15) is 0 Å². The van der Waals surface area contributed by atoms with E-state index in [0.717, 1.165) is 30.2 Å². The van der Waals surface area contributed by atoms with Crippen LogP contribution in [0.25, 0.3) is 0 Å². The molecule has 1 unspecified atom stereocenters. The number of likely N-dealkylation sites (tertiary alicyclic amines) is 1. The molecular weight excluding hydrogens is 206 g/mol. The normalized spacial score (nSPS) is 22.5. The monoisotopic (exact) mass is 221 g/mol. The average Bonchev–Trinajstić information content (AvgIpc) is 2.65. The molecule has 0 radical (unpaired) electrons. The molecular formula is C11H15N3S. The zero-order valence-corrected chi connectivity index (χ0v) is 9.76. The second kappa shape index (κ2) is 4.73. The van der Waals surface area contributed by atoms with E-state index in [-0.39, 0.29) is 6.04 Å². The van der Waals surface area contributed by atoms with Gasteiger partial charge in [0.2, 0.25) is 0 Å². The molecule has 1 atom stereocenters. The van der Waals surface area contributed by atoms with Crippen LogP contribution in [0.3, 0.4) is 0 Å². The van der Waals surface area contributed by atoms with Crippen molar-refractivity contribution < 1.29 is 0 Å². The summed E-state index contributed by atoms with van der Waals surface area (Å²) in [6.07, 6.45) is 3.41. The Bertz CT molecular complexity index is 366. The van der Waals surface area contributed by atoms with Crippen molar-refractivity contribution in [1.29, 1.82) is 5.26 Å². The van der Waals surface area contributed by atoms with Gasteiger partial charge in [-0.05, 0) is 32.7 Å². The highest BCUT2D eigenvalue weighted by molar-refractivity contribution is 7.09. The maximum absolute atomic E-state index is 9.04. The van der Waals surface area contributed by atoms with Crippen molar-refractivity contribution in [2.24, 2.45) is 0 Å². The Morgan fingerprint density at radius 3 is 3.20 bits per heavy atom. The minimum absolute atomic E-state index is 0.1000. The summed E-state index contributed by atoms with van der Waals surface area (Å²) in [5.74, 6) is 0. The minimum Gasteiger partial charge on any atom is -0.281 e. The molecule has 3 nitrogen and oxygen atoms in total. The molecule has 1 aliphatic heterocycles. The van der Waals surface area contributed by atoms with Gasteiger partial charge in [-0.15, -0.1) is 11.3 Å². The predicted octanol–water partition coefficient (Wildman–Crippen LogP) is 2.33. The van der Waals surface area contributed by atoms with E-state index < -0.39 is 0 Å². The summed E-state index contributed by atoms with van der Waals surface area (Å²) in [6.45, 7) is 3.89. The zero-order chi connectivity index (χ0) is 10.7. The molecule has 0 amide bonds. The summed E-state index contributed by atoms with van der Waals surface area (Å²) >= 11 is 1.69. The van der Waals surface area contributed by atoms with E-state index in [0.29, 0.717) is 0 Å². The first-order valence-electron chi connectivity index (χ1n) is 5.34. The fourth-order valence-corrected chi connectivity index (χ4v) is 2.77. The first kappa shape index (κ1) is 10.6. The summed E-state index contributed by atoms with van der Waals surface area (Å²) < 4.78 is 0. The van der Waals surface area contributed by atoms with Crippen LogP contribution < -0.4 is 0 Å². The highest BCUT2D eigenvalue weighted by Crippen LogP contribution is 2.20. The van der Waals surface area contributed by atoms with E-state index in [2.05, 4.69) is 21.3 Å². The van der Waals surface area contributed by atoms with Crippen LogP contribution in [-0.2, 0) is 6.54 Å². The minimum atomic E-state index is 0.1000. The SMILES string of the molecule is Cc1csc(CN2CCCCC2C#N)n1. The van der Waals surface area contributed by atoms with Gasteiger partial charge < -0.3 is 0 Å². The number of nitrogens with zero attached hydrogens (tertiary/aromatic N) is 3. The maximum atomic E-state index is 9.04. The standard InChI is InChI=1S/C11H15N3S/c1-9-8-15-11(13-9)7-14-5-3-2-4-10(14)6-12/h8,10H,2-5,7H2,1H3. The molecule has 2 heterocycles. The maximum Gasteiger partial charge on any atom is 0.107 e. The number of thiazole rings is 1. The smallest absolute Gasteiger partial charge is 0.107 e. The van der Waals surface area contributed by atoms with Crippen LogP contribution in [0.2, 0.25) is 0 Å². The lowest BCUT2D eigenvalue weighted by molar-refractivity contribution is 0.176. The van der Waals surface area contributed by atoms with Gasteiger partial charge in [-0.2, -0.15) is 5.26 Å². The van der Waals surface area contributed by atoms with Crippen molar-refractivity contribution in [2.75, 3.05) is 6.54 Å². The van der Waals surface area contributed by atoms with Crippen molar-refractivity contribution in [3.63, 3.8) is 0 Å². The molecule has 80 valence electrons. The summed E-state index contributed by atoms with van der Waals surface area (Å²) in [5, 5.41) is 12.2. The molecule has 1 aliphatic rings. The van der Waals surface area contributed by atoms with Crippen LogP contribution >= 0.6 is 11.3 Å². The third-order valence-electron chi connectivity index (χ3n) is 2.77. The van der Waals surface area contributed by atoms with Crippen molar-refractivity contribution in [3.05, 3.63) is 16.1 Å². The van der Waals surface area contributed by atoms with Crippen LogP contribution in [0.5, 0.6) is 0 Å². The number of aromatic nitrogens is 1. The molecule has 1 saturated heterocycles. The van der Waals surface area contributed by atoms with Crippen LogP contribution in [0.1, 0.15) is 30.0 Å². The first-order chi connectivity index (χ1) is 7.29. The van der Waals surface area contributed by atoms with Gasteiger partial charge in [0.25, 0.3) is 0 Å². The van der Waals surface area contributed by atoms with Crippen molar-refractivity contribution >= 4 is 11.3 Å². The van der Waals surface area contributed by atoms with Gasteiger partial charge in [0.15, 0.2) is 0 Å². The van der Waals surface area contributed by atoms with Gasteiger partial charge in [-0.25, -0.2) is 4.98 Å². The van der Waals surface area contributed by atoms with Gasteiger partial charge in [0, 0.05) is 11.1 Å². The van der Waals surface area contributed by atoms with Gasteiger partial charge in [-0.3, -0.25) is 4.90 Å². The van der Waals surface area contributed by atoms with Gasteiger partial charge in [-0.1, -0.05) is 0 Å². The summed E-state index contributed by atoms with van der Waals surface area (Å²) in [7, 11) is 0. The third-order valence-corrected chi connectivity index (χ3v) is 3.72. The van der Waals surface area contributed by atoms with E-state index in [1.54, 1.807) is 11.3 Å². The molecule has 4 heteroatoms. The molecule has 0 saturated carbocycles. The molecule has 1 aromatic rings. The van der Waals surface area contributed by atoms with E-state index in [4.69, 9.17) is 5.26 Å². The van der Waals surface area contributed by atoms with Crippen molar-refractivity contribution in [2.45, 2.75) is 38.8 Å². The lowest BCUT2D eigenvalue weighted by Crippen LogP contribution is -2.37. The van der Waals surface area contributed by atoms with Gasteiger partial charge in [0.05, 0.1) is 18.7 Å². The highest BCUT2D eigenvalue weighted by Gasteiger charge is 2.22. The largest absolute Gasteiger partial charge is 0.281 e. The number of aryl methyl sites for hydroxylation is 1. The first-order valence-corrected chi connectivity index (χ1v) is 6.22. The van der Waals surface area contributed by atoms with Crippen LogP contribution in [-0.4, -0.2) is 22.5 Å². The molecule has 15 heavy (non-hydrogen) atoms. The molecule has 1 fully saturated rings. The Morgan fingerprint density at radius 1 is 1.67 bits per heavy atom. The highest BCUT2D eigenvalue weighted by atomic mass is 32.1. The second-order valence-electron chi connectivity index (χ2n) is 3.99. The predicted molar refractivity (Wildman–Crippen MR) is 60.5 cm³/mol. The molecule has 2 rings (SSSR count). The number of nitriles is 1. The lowest BCUT2D eigenvalue weighted by atomic mass is 10.0. The topological polar surface area (TPSA) is 39.9 Å². The van der Waals surface area contributed by atoms with E-state index in [1.807, 2.05) is 6.92 Å². The molecule has 0 aliphatic carbocycles. The molecule has 1 aromatic heterocycles. The number of hydrogen-bond acceptors (Lipinski definition) is 4. The number of rotatable bonds is 2. The molecule has 0 bridgehead atoms. The van der Waals surface area contributed by atoms with E-state index in [1.165, 1.54) is 12.8 Å². The summed E-state index contributed by atoms with van der Waals surface area (Å²) in [5.41, 5.74) is 1.08. The average molecular weight is 221 g/mol. The number of hydrogen-bond donors (Lipinski definition) is 0. The van der Waals surface area contributed by atoms with Crippen LogP contribution in [0.4, 0.5) is 0 Å².